The maximum atomic E-state index is 11.5. The van der Waals surface area contributed by atoms with E-state index in [1.54, 1.807) is 39.5 Å². The van der Waals surface area contributed by atoms with Crippen LogP contribution in [0.1, 0.15) is 0 Å². The summed E-state index contributed by atoms with van der Waals surface area (Å²) in [6, 6.07) is 5.23. The second-order valence-electron chi connectivity index (χ2n) is 3.79. The maximum Gasteiger partial charge on any atom is 0.238 e. The minimum absolute atomic E-state index is 0.115. The van der Waals surface area contributed by atoms with Gasteiger partial charge in [-0.1, -0.05) is 0 Å². The van der Waals surface area contributed by atoms with Crippen LogP contribution in [0.15, 0.2) is 18.2 Å². The first-order valence-electron chi connectivity index (χ1n) is 5.95. The third kappa shape index (κ3) is 5.15. The molecule has 0 heterocycles. The minimum Gasteiger partial charge on any atom is -0.493 e. The van der Waals surface area contributed by atoms with E-state index < -0.39 is 0 Å². The molecule has 2 N–H and O–H groups in total. The van der Waals surface area contributed by atoms with E-state index in [9.17, 15) is 4.79 Å². The lowest BCUT2D eigenvalue weighted by Crippen LogP contribution is -2.25. The highest BCUT2D eigenvalue weighted by molar-refractivity contribution is 5.92. The summed E-state index contributed by atoms with van der Waals surface area (Å²) in [6.45, 7) is 1.16. The number of carbonyl (C=O) groups is 1. The van der Waals surface area contributed by atoms with Crippen molar-refractivity contribution in [2.45, 2.75) is 0 Å². The van der Waals surface area contributed by atoms with Gasteiger partial charge in [0, 0.05) is 18.9 Å². The summed E-state index contributed by atoms with van der Waals surface area (Å²) in [6.07, 6.45) is 0. The average molecular weight is 268 g/mol. The molecule has 0 aliphatic carbocycles. The zero-order valence-corrected chi connectivity index (χ0v) is 11.5. The van der Waals surface area contributed by atoms with Crippen molar-refractivity contribution in [1.29, 1.82) is 0 Å². The summed E-state index contributed by atoms with van der Waals surface area (Å²) in [5.41, 5.74) is 0.661. The van der Waals surface area contributed by atoms with Gasteiger partial charge >= 0.3 is 0 Å². The van der Waals surface area contributed by atoms with Crippen LogP contribution in [0.2, 0.25) is 0 Å². The van der Waals surface area contributed by atoms with Crippen LogP contribution in [-0.4, -0.2) is 46.9 Å². The van der Waals surface area contributed by atoms with E-state index in [0.717, 1.165) is 0 Å². The van der Waals surface area contributed by atoms with Gasteiger partial charge in [-0.2, -0.15) is 0 Å². The van der Waals surface area contributed by atoms with Crippen molar-refractivity contribution >= 4 is 11.6 Å². The molecule has 0 bridgehead atoms. The number of nitrogens with one attached hydrogen (secondary N) is 2. The van der Waals surface area contributed by atoms with E-state index in [1.165, 1.54) is 0 Å². The molecule has 0 aliphatic heterocycles. The zero-order chi connectivity index (χ0) is 14.1. The van der Waals surface area contributed by atoms with Crippen molar-refractivity contribution in [3.05, 3.63) is 18.2 Å². The summed E-state index contributed by atoms with van der Waals surface area (Å²) in [5, 5.41) is 5.54. The first kappa shape index (κ1) is 15.3. The molecule has 0 unspecified atom stereocenters. The molecule has 0 saturated heterocycles. The first-order valence-corrected chi connectivity index (χ1v) is 5.95. The molecule has 1 amide bonds. The summed E-state index contributed by atoms with van der Waals surface area (Å²) in [4.78, 5) is 11.5. The van der Waals surface area contributed by atoms with Crippen LogP contribution in [-0.2, 0) is 9.53 Å². The van der Waals surface area contributed by atoms with Gasteiger partial charge < -0.3 is 24.8 Å². The Bertz CT molecular complexity index is 410. The number of rotatable bonds is 8. The van der Waals surface area contributed by atoms with Crippen LogP contribution in [0.4, 0.5) is 5.69 Å². The Balaban J connectivity index is 2.73. The normalized spacial score (nSPS) is 10.1. The Morgan fingerprint density at radius 2 is 2.00 bits per heavy atom. The molecule has 19 heavy (non-hydrogen) atoms. The molecule has 1 aromatic rings. The summed E-state index contributed by atoms with van der Waals surface area (Å²) in [7, 11) is 4.89. The number of likely N-dealkylation sites (N-methyl/N-ethyl adjacent to an activating group) is 1. The zero-order valence-electron chi connectivity index (χ0n) is 11.5. The van der Waals surface area contributed by atoms with E-state index in [2.05, 4.69) is 10.6 Å². The Labute approximate surface area is 113 Å². The fourth-order valence-corrected chi connectivity index (χ4v) is 1.47. The second kappa shape index (κ2) is 8.34. The quantitative estimate of drug-likeness (QED) is 0.685. The van der Waals surface area contributed by atoms with Gasteiger partial charge in [0.05, 0.1) is 20.3 Å². The molecule has 0 spiro atoms. The monoisotopic (exact) mass is 268 g/mol. The highest BCUT2D eigenvalue weighted by atomic mass is 16.5. The van der Waals surface area contributed by atoms with E-state index in [1.807, 2.05) is 0 Å². The topological polar surface area (TPSA) is 68.8 Å². The summed E-state index contributed by atoms with van der Waals surface area (Å²) >= 11 is 0. The molecular weight excluding hydrogens is 248 g/mol. The number of ether oxygens (including phenoxy) is 3. The van der Waals surface area contributed by atoms with Crippen LogP contribution in [0.5, 0.6) is 11.5 Å². The molecule has 0 radical (unpaired) electrons. The number of hydrogen-bond acceptors (Lipinski definition) is 5. The van der Waals surface area contributed by atoms with Crippen molar-refractivity contribution in [1.82, 2.24) is 5.32 Å². The predicted octanol–water partition coefficient (Wildman–Crippen LogP) is 0.878. The molecule has 1 aromatic carbocycles. The number of amides is 1. The van der Waals surface area contributed by atoms with E-state index >= 15 is 0 Å². The Morgan fingerprint density at radius 3 is 2.63 bits per heavy atom. The van der Waals surface area contributed by atoms with Crippen molar-refractivity contribution in [2.24, 2.45) is 0 Å². The number of anilines is 1. The van der Waals surface area contributed by atoms with Gasteiger partial charge in [0.2, 0.25) is 5.91 Å². The third-order valence-corrected chi connectivity index (χ3v) is 2.33. The number of methoxy groups -OCH3 is 2. The molecule has 1 rings (SSSR count). The molecule has 0 fully saturated rings. The van der Waals surface area contributed by atoms with Crippen LogP contribution in [0.3, 0.4) is 0 Å². The molecule has 6 nitrogen and oxygen atoms in total. The maximum absolute atomic E-state index is 11.5. The first-order chi connectivity index (χ1) is 9.21. The van der Waals surface area contributed by atoms with E-state index in [4.69, 9.17) is 14.2 Å². The van der Waals surface area contributed by atoms with Crippen molar-refractivity contribution in [2.75, 3.05) is 46.3 Å². The highest BCUT2D eigenvalue weighted by Crippen LogP contribution is 2.30. The molecule has 0 aromatic heterocycles. The van der Waals surface area contributed by atoms with Crippen LogP contribution >= 0.6 is 0 Å². The molecule has 0 saturated carbocycles. The SMILES string of the molecule is CNCC(=O)Nc1ccc(OC)c(OCCOC)c1. The van der Waals surface area contributed by atoms with Crippen molar-refractivity contribution < 1.29 is 19.0 Å². The Morgan fingerprint density at radius 1 is 1.21 bits per heavy atom. The van der Waals surface area contributed by atoms with Crippen LogP contribution < -0.4 is 20.1 Å². The molecular formula is C13H20N2O4. The van der Waals surface area contributed by atoms with Crippen LogP contribution in [0.25, 0.3) is 0 Å². The number of carbonyl (C=O) groups excluding carboxylic acids is 1. The standard InChI is InChI=1S/C13H20N2O4/c1-14-9-13(16)15-10-4-5-11(18-3)12(8-10)19-7-6-17-2/h4-5,8,14H,6-7,9H2,1-3H3,(H,15,16). The highest BCUT2D eigenvalue weighted by Gasteiger charge is 2.07. The van der Waals surface area contributed by atoms with Gasteiger partial charge in [0.1, 0.15) is 6.61 Å². The van der Waals surface area contributed by atoms with Gasteiger partial charge in [-0.15, -0.1) is 0 Å². The van der Waals surface area contributed by atoms with Crippen LogP contribution in [0, 0.1) is 0 Å². The van der Waals surface area contributed by atoms with E-state index in [0.29, 0.717) is 30.4 Å². The Hall–Kier alpha value is -1.79. The lowest BCUT2D eigenvalue weighted by molar-refractivity contribution is -0.115. The largest absolute Gasteiger partial charge is 0.493 e. The number of hydrogen-bond donors (Lipinski definition) is 2. The fourth-order valence-electron chi connectivity index (χ4n) is 1.47. The molecule has 106 valence electrons. The molecule has 6 heteroatoms. The molecule has 0 aliphatic rings. The lowest BCUT2D eigenvalue weighted by atomic mass is 10.2. The predicted molar refractivity (Wildman–Crippen MR) is 72.9 cm³/mol. The minimum atomic E-state index is -0.115. The van der Waals surface area contributed by atoms with Gasteiger partial charge in [-0.05, 0) is 19.2 Å². The molecule has 0 atom stereocenters. The smallest absolute Gasteiger partial charge is 0.238 e. The van der Waals surface area contributed by atoms with Gasteiger partial charge in [0.25, 0.3) is 0 Å². The number of benzene rings is 1. The summed E-state index contributed by atoms with van der Waals surface area (Å²) in [5.74, 6) is 1.07. The fraction of sp³-hybridized carbons (Fsp3) is 0.462. The van der Waals surface area contributed by atoms with Gasteiger partial charge in [-0.3, -0.25) is 4.79 Å². The van der Waals surface area contributed by atoms with Gasteiger partial charge in [0.15, 0.2) is 11.5 Å². The average Bonchev–Trinajstić information content (AvgIpc) is 2.39. The van der Waals surface area contributed by atoms with E-state index in [-0.39, 0.29) is 12.5 Å². The van der Waals surface area contributed by atoms with Crippen molar-refractivity contribution in [3.63, 3.8) is 0 Å². The lowest BCUT2D eigenvalue weighted by Gasteiger charge is -2.12. The van der Waals surface area contributed by atoms with Gasteiger partial charge in [-0.25, -0.2) is 0 Å². The third-order valence-electron chi connectivity index (χ3n) is 2.33. The second-order valence-corrected chi connectivity index (χ2v) is 3.79. The van der Waals surface area contributed by atoms with Crippen molar-refractivity contribution in [3.8, 4) is 11.5 Å². The summed E-state index contributed by atoms with van der Waals surface area (Å²) < 4.78 is 15.6. The Kier molecular flexibility index (Phi) is 6.70.